The van der Waals surface area contributed by atoms with Gasteiger partial charge in [0, 0.05) is 19.6 Å². The van der Waals surface area contributed by atoms with E-state index in [0.717, 1.165) is 6.42 Å². The molecule has 0 heterocycles. The monoisotopic (exact) mass is 230 g/mol. The molecule has 0 aromatic rings. The number of amides is 1. The van der Waals surface area contributed by atoms with Crippen molar-refractivity contribution in [2.75, 3.05) is 20.3 Å². The van der Waals surface area contributed by atoms with Crippen LogP contribution in [0.1, 0.15) is 33.6 Å². The Morgan fingerprint density at radius 2 is 2.00 bits per heavy atom. The standard InChI is InChI=1S/C12H26N2O2/c1-9(2)5-11(7-13)6-12(15)14-10(3)8-16-4/h9-11H,5-8,13H2,1-4H3,(H,14,15). The molecule has 0 aromatic carbocycles. The molecule has 0 saturated carbocycles. The van der Waals surface area contributed by atoms with Gasteiger partial charge in [0.2, 0.25) is 5.91 Å². The fraction of sp³-hybridized carbons (Fsp3) is 0.917. The number of hydrogen-bond donors (Lipinski definition) is 2. The maximum absolute atomic E-state index is 11.7. The number of nitrogens with one attached hydrogen (secondary N) is 1. The second-order valence-electron chi connectivity index (χ2n) is 4.86. The third kappa shape index (κ3) is 7.65. The number of carbonyl (C=O) groups excluding carboxylic acids is 1. The topological polar surface area (TPSA) is 64.3 Å². The van der Waals surface area contributed by atoms with Crippen molar-refractivity contribution in [3.8, 4) is 0 Å². The number of hydrogen-bond acceptors (Lipinski definition) is 3. The first-order valence-electron chi connectivity index (χ1n) is 5.97. The summed E-state index contributed by atoms with van der Waals surface area (Å²) < 4.78 is 4.96. The highest BCUT2D eigenvalue weighted by Gasteiger charge is 2.15. The van der Waals surface area contributed by atoms with Crippen molar-refractivity contribution in [1.29, 1.82) is 0 Å². The van der Waals surface area contributed by atoms with Gasteiger partial charge in [-0.2, -0.15) is 0 Å². The van der Waals surface area contributed by atoms with Gasteiger partial charge in [-0.1, -0.05) is 13.8 Å². The highest BCUT2D eigenvalue weighted by atomic mass is 16.5. The van der Waals surface area contributed by atoms with Gasteiger partial charge in [-0.3, -0.25) is 4.79 Å². The molecule has 1 amide bonds. The second-order valence-corrected chi connectivity index (χ2v) is 4.86. The summed E-state index contributed by atoms with van der Waals surface area (Å²) in [6.07, 6.45) is 1.52. The van der Waals surface area contributed by atoms with Crippen LogP contribution >= 0.6 is 0 Å². The highest BCUT2D eigenvalue weighted by molar-refractivity contribution is 5.76. The van der Waals surface area contributed by atoms with E-state index >= 15 is 0 Å². The number of methoxy groups -OCH3 is 1. The van der Waals surface area contributed by atoms with Gasteiger partial charge in [-0.05, 0) is 31.7 Å². The van der Waals surface area contributed by atoms with E-state index in [-0.39, 0.29) is 17.9 Å². The molecule has 0 fully saturated rings. The molecule has 16 heavy (non-hydrogen) atoms. The third-order valence-corrected chi connectivity index (χ3v) is 2.44. The van der Waals surface area contributed by atoms with Gasteiger partial charge in [-0.25, -0.2) is 0 Å². The molecular formula is C12H26N2O2. The van der Waals surface area contributed by atoms with Crippen molar-refractivity contribution in [1.82, 2.24) is 5.32 Å². The molecule has 4 nitrogen and oxygen atoms in total. The van der Waals surface area contributed by atoms with Gasteiger partial charge in [0.1, 0.15) is 0 Å². The molecule has 0 aromatic heterocycles. The van der Waals surface area contributed by atoms with Gasteiger partial charge >= 0.3 is 0 Å². The van der Waals surface area contributed by atoms with Gasteiger partial charge in [0.25, 0.3) is 0 Å². The first-order chi connectivity index (χ1) is 7.49. The summed E-state index contributed by atoms with van der Waals surface area (Å²) in [6.45, 7) is 7.34. The van der Waals surface area contributed by atoms with E-state index in [9.17, 15) is 4.79 Å². The maximum Gasteiger partial charge on any atom is 0.220 e. The largest absolute Gasteiger partial charge is 0.383 e. The van der Waals surface area contributed by atoms with Crippen molar-refractivity contribution < 1.29 is 9.53 Å². The molecule has 0 saturated heterocycles. The molecule has 4 heteroatoms. The lowest BCUT2D eigenvalue weighted by Gasteiger charge is -2.18. The quantitative estimate of drug-likeness (QED) is 0.657. The highest BCUT2D eigenvalue weighted by Crippen LogP contribution is 2.14. The van der Waals surface area contributed by atoms with Crippen LogP contribution < -0.4 is 11.1 Å². The molecule has 0 aliphatic heterocycles. The zero-order chi connectivity index (χ0) is 12.6. The zero-order valence-electron chi connectivity index (χ0n) is 11.0. The SMILES string of the molecule is COCC(C)NC(=O)CC(CN)CC(C)C. The Labute approximate surface area is 98.9 Å². The summed E-state index contributed by atoms with van der Waals surface area (Å²) in [5, 5.41) is 2.90. The summed E-state index contributed by atoms with van der Waals surface area (Å²) in [4.78, 5) is 11.7. The molecule has 0 bridgehead atoms. The number of ether oxygens (including phenoxy) is 1. The smallest absolute Gasteiger partial charge is 0.220 e. The van der Waals surface area contributed by atoms with Crippen LogP contribution in [-0.2, 0) is 9.53 Å². The number of carbonyl (C=O) groups is 1. The van der Waals surface area contributed by atoms with Crippen LogP contribution in [0.5, 0.6) is 0 Å². The maximum atomic E-state index is 11.7. The molecule has 96 valence electrons. The Morgan fingerprint density at radius 1 is 1.38 bits per heavy atom. The second kappa shape index (κ2) is 8.53. The molecule has 0 spiro atoms. The fourth-order valence-corrected chi connectivity index (χ4v) is 1.82. The first-order valence-corrected chi connectivity index (χ1v) is 5.97. The average Bonchev–Trinajstić information content (AvgIpc) is 2.15. The Bertz CT molecular complexity index is 195. The zero-order valence-corrected chi connectivity index (χ0v) is 11.0. The van der Waals surface area contributed by atoms with E-state index in [0.29, 0.717) is 25.5 Å². The van der Waals surface area contributed by atoms with Crippen LogP contribution in [0.15, 0.2) is 0 Å². The van der Waals surface area contributed by atoms with E-state index in [1.54, 1.807) is 7.11 Å². The molecule has 0 radical (unpaired) electrons. The lowest BCUT2D eigenvalue weighted by Crippen LogP contribution is -2.37. The van der Waals surface area contributed by atoms with Crippen molar-refractivity contribution >= 4 is 5.91 Å². The van der Waals surface area contributed by atoms with Crippen molar-refractivity contribution in [3.63, 3.8) is 0 Å². The Morgan fingerprint density at radius 3 is 2.44 bits per heavy atom. The average molecular weight is 230 g/mol. The summed E-state index contributed by atoms with van der Waals surface area (Å²) in [7, 11) is 1.63. The number of rotatable bonds is 8. The van der Waals surface area contributed by atoms with E-state index in [1.165, 1.54) is 0 Å². The van der Waals surface area contributed by atoms with Crippen molar-refractivity contribution in [3.05, 3.63) is 0 Å². The van der Waals surface area contributed by atoms with E-state index < -0.39 is 0 Å². The molecule has 0 aliphatic carbocycles. The molecule has 0 rings (SSSR count). The predicted octanol–water partition coefficient (Wildman–Crippen LogP) is 1.15. The molecule has 2 unspecified atom stereocenters. The van der Waals surface area contributed by atoms with Crippen molar-refractivity contribution in [2.45, 2.75) is 39.7 Å². The first kappa shape index (κ1) is 15.4. The minimum Gasteiger partial charge on any atom is -0.383 e. The fourth-order valence-electron chi connectivity index (χ4n) is 1.82. The Kier molecular flexibility index (Phi) is 8.21. The normalized spacial score (nSPS) is 14.9. The van der Waals surface area contributed by atoms with E-state index in [2.05, 4.69) is 19.2 Å². The summed E-state index contributed by atoms with van der Waals surface area (Å²) in [5.41, 5.74) is 5.65. The summed E-state index contributed by atoms with van der Waals surface area (Å²) >= 11 is 0. The minimum atomic E-state index is 0.0648. The van der Waals surface area contributed by atoms with Gasteiger partial charge in [-0.15, -0.1) is 0 Å². The van der Waals surface area contributed by atoms with Crippen LogP contribution in [0, 0.1) is 11.8 Å². The third-order valence-electron chi connectivity index (χ3n) is 2.44. The van der Waals surface area contributed by atoms with Gasteiger partial charge in [0.15, 0.2) is 0 Å². The lowest BCUT2D eigenvalue weighted by atomic mass is 9.94. The van der Waals surface area contributed by atoms with Crippen LogP contribution in [0.25, 0.3) is 0 Å². The van der Waals surface area contributed by atoms with Crippen LogP contribution in [-0.4, -0.2) is 32.2 Å². The molecule has 3 N–H and O–H groups in total. The number of nitrogens with two attached hydrogens (primary N) is 1. The molecule has 0 aliphatic rings. The van der Waals surface area contributed by atoms with Gasteiger partial charge < -0.3 is 15.8 Å². The summed E-state index contributed by atoms with van der Waals surface area (Å²) in [5.74, 6) is 0.938. The van der Waals surface area contributed by atoms with Crippen LogP contribution in [0.4, 0.5) is 0 Å². The minimum absolute atomic E-state index is 0.0648. The van der Waals surface area contributed by atoms with E-state index in [4.69, 9.17) is 10.5 Å². The lowest BCUT2D eigenvalue weighted by molar-refractivity contribution is -0.123. The Hall–Kier alpha value is -0.610. The van der Waals surface area contributed by atoms with E-state index in [1.807, 2.05) is 6.92 Å². The van der Waals surface area contributed by atoms with Crippen LogP contribution in [0.2, 0.25) is 0 Å². The molecule has 2 atom stereocenters. The predicted molar refractivity (Wildman–Crippen MR) is 66.1 cm³/mol. The van der Waals surface area contributed by atoms with Gasteiger partial charge in [0.05, 0.1) is 6.61 Å². The molecular weight excluding hydrogens is 204 g/mol. The van der Waals surface area contributed by atoms with Crippen LogP contribution in [0.3, 0.4) is 0 Å². The van der Waals surface area contributed by atoms with Crippen molar-refractivity contribution in [2.24, 2.45) is 17.6 Å². The summed E-state index contributed by atoms with van der Waals surface area (Å²) in [6, 6.07) is 0.0648. The Balaban J connectivity index is 3.91.